The maximum atomic E-state index is 5.23. The highest BCUT2D eigenvalue weighted by Crippen LogP contribution is 2.43. The molecule has 5 heteroatoms. The van der Waals surface area contributed by atoms with E-state index < -0.39 is 0 Å². The van der Waals surface area contributed by atoms with Gasteiger partial charge in [0.2, 0.25) is 0 Å². The van der Waals surface area contributed by atoms with Gasteiger partial charge in [0.1, 0.15) is 12.2 Å². The second kappa shape index (κ2) is 3.39. The fraction of sp³-hybridized carbons (Fsp3) is 1.00. The minimum atomic E-state index is -0.341. The van der Waals surface area contributed by atoms with Gasteiger partial charge in [-0.25, -0.2) is 0 Å². The first-order chi connectivity index (χ1) is 4.55. The molecule has 1 heterocycles. The van der Waals surface area contributed by atoms with Crippen LogP contribution in [0.15, 0.2) is 0 Å². The molecule has 1 aliphatic rings. The molecule has 1 rings (SSSR count). The van der Waals surface area contributed by atoms with Crippen LogP contribution >= 0.6 is 47.8 Å². The molecule has 0 amide bonds. The van der Waals surface area contributed by atoms with E-state index in [9.17, 15) is 0 Å². The Bertz CT molecular complexity index is 121. The average Bonchev–Trinajstić information content (AvgIpc) is 1.57. The van der Waals surface area contributed by atoms with Crippen LogP contribution in [0.3, 0.4) is 0 Å². The smallest absolute Gasteiger partial charge is 0.163 e. The molecule has 0 saturated carbocycles. The molecule has 0 radical (unpaired) electrons. The van der Waals surface area contributed by atoms with Crippen LogP contribution in [0.5, 0.6) is 0 Å². The van der Waals surface area contributed by atoms with Gasteiger partial charge in [0, 0.05) is 7.11 Å². The number of hydrogen-bond acceptors (Lipinski definition) is 2. The molecule has 0 aromatic carbocycles. The lowest BCUT2D eigenvalue weighted by atomic mass is 10.2. The van der Waals surface area contributed by atoms with E-state index in [1.54, 1.807) is 7.11 Å². The van der Waals surface area contributed by atoms with Crippen LogP contribution in [0.1, 0.15) is 0 Å². The fourth-order valence-electron chi connectivity index (χ4n) is 0.768. The van der Waals surface area contributed by atoms with E-state index in [1.807, 2.05) is 0 Å². The molecule has 1 saturated heterocycles. The molecular formula is C5H7Br3O2. The Kier molecular flexibility index (Phi) is 3.20. The van der Waals surface area contributed by atoms with Crippen LogP contribution in [-0.2, 0) is 9.47 Å². The van der Waals surface area contributed by atoms with Gasteiger partial charge >= 0.3 is 0 Å². The third-order valence-corrected chi connectivity index (χ3v) is 2.76. The molecule has 2 atom stereocenters. The lowest BCUT2D eigenvalue weighted by molar-refractivity contribution is -0.169. The van der Waals surface area contributed by atoms with Crippen molar-refractivity contribution in [3.8, 4) is 0 Å². The molecule has 0 aliphatic carbocycles. The third-order valence-electron chi connectivity index (χ3n) is 1.40. The molecule has 0 aromatic rings. The molecule has 2 nitrogen and oxygen atoms in total. The summed E-state index contributed by atoms with van der Waals surface area (Å²) >= 11 is 10.1. The maximum absolute atomic E-state index is 5.23. The molecule has 2 unspecified atom stereocenters. The van der Waals surface area contributed by atoms with Gasteiger partial charge in [-0.2, -0.15) is 0 Å². The third kappa shape index (κ3) is 1.94. The van der Waals surface area contributed by atoms with Crippen molar-refractivity contribution >= 4 is 47.8 Å². The van der Waals surface area contributed by atoms with E-state index in [1.165, 1.54) is 0 Å². The SMILES string of the molecule is COC1COC1C(Br)(Br)Br. The van der Waals surface area contributed by atoms with Crippen LogP contribution in [0.4, 0.5) is 0 Å². The summed E-state index contributed by atoms with van der Waals surface area (Å²) in [7, 11) is 1.68. The van der Waals surface area contributed by atoms with Crippen LogP contribution in [0.25, 0.3) is 0 Å². The van der Waals surface area contributed by atoms with E-state index in [0.717, 1.165) is 0 Å². The highest BCUT2D eigenvalue weighted by Gasteiger charge is 2.45. The predicted octanol–water partition coefficient (Wildman–Crippen LogP) is 2.24. The molecule has 0 N–H and O–H groups in total. The van der Waals surface area contributed by atoms with Crippen molar-refractivity contribution in [2.45, 2.75) is 14.4 Å². The number of methoxy groups -OCH3 is 1. The number of rotatable bonds is 1. The zero-order valence-electron chi connectivity index (χ0n) is 5.31. The summed E-state index contributed by atoms with van der Waals surface area (Å²) in [6.07, 6.45) is 0.218. The van der Waals surface area contributed by atoms with Crippen LogP contribution in [0, 0.1) is 0 Å². The first-order valence-electron chi connectivity index (χ1n) is 2.77. The first-order valence-corrected chi connectivity index (χ1v) is 5.14. The first kappa shape index (κ1) is 9.45. The summed E-state index contributed by atoms with van der Waals surface area (Å²) in [5.41, 5.74) is 0. The Morgan fingerprint density at radius 2 is 2.10 bits per heavy atom. The lowest BCUT2D eigenvalue weighted by Gasteiger charge is -2.40. The van der Waals surface area contributed by atoms with Crippen molar-refractivity contribution in [2.24, 2.45) is 0 Å². The van der Waals surface area contributed by atoms with E-state index in [2.05, 4.69) is 47.8 Å². The van der Waals surface area contributed by atoms with Gasteiger partial charge in [0.15, 0.2) is 2.14 Å². The van der Waals surface area contributed by atoms with E-state index in [0.29, 0.717) is 6.61 Å². The summed E-state index contributed by atoms with van der Waals surface area (Å²) < 4.78 is 10.0. The Morgan fingerprint density at radius 3 is 2.20 bits per heavy atom. The van der Waals surface area contributed by atoms with Gasteiger partial charge in [0.25, 0.3) is 0 Å². The minimum Gasteiger partial charge on any atom is -0.376 e. The van der Waals surface area contributed by atoms with Crippen molar-refractivity contribution in [1.82, 2.24) is 0 Å². The zero-order valence-corrected chi connectivity index (χ0v) is 10.1. The Morgan fingerprint density at radius 1 is 1.50 bits per heavy atom. The Balaban J connectivity index is 2.43. The van der Waals surface area contributed by atoms with Gasteiger partial charge in [-0.3, -0.25) is 0 Å². The number of hydrogen-bond donors (Lipinski definition) is 0. The van der Waals surface area contributed by atoms with Gasteiger partial charge < -0.3 is 9.47 Å². The van der Waals surface area contributed by atoms with Crippen molar-refractivity contribution < 1.29 is 9.47 Å². The second-order valence-electron chi connectivity index (χ2n) is 2.07. The number of ether oxygens (including phenoxy) is 2. The normalized spacial score (nSPS) is 33.6. The molecule has 1 aliphatic heterocycles. The fourth-order valence-corrected chi connectivity index (χ4v) is 2.05. The van der Waals surface area contributed by atoms with Gasteiger partial charge in [-0.05, 0) is 0 Å². The zero-order chi connectivity index (χ0) is 7.78. The van der Waals surface area contributed by atoms with Crippen molar-refractivity contribution in [3.63, 3.8) is 0 Å². The summed E-state index contributed by atoms with van der Waals surface area (Å²) in [4.78, 5) is 0. The number of alkyl halides is 3. The molecular weight excluding hydrogens is 332 g/mol. The second-order valence-corrected chi connectivity index (χ2v) is 9.01. The minimum absolute atomic E-state index is 0.0394. The monoisotopic (exact) mass is 336 g/mol. The van der Waals surface area contributed by atoms with Gasteiger partial charge in [-0.15, -0.1) is 0 Å². The topological polar surface area (TPSA) is 18.5 Å². The molecule has 0 spiro atoms. The predicted molar refractivity (Wildman–Crippen MR) is 50.0 cm³/mol. The Hall–Kier alpha value is 1.36. The summed E-state index contributed by atoms with van der Waals surface area (Å²) in [5, 5.41) is 0. The van der Waals surface area contributed by atoms with Crippen LogP contribution in [-0.4, -0.2) is 28.1 Å². The van der Waals surface area contributed by atoms with Gasteiger partial charge in [-0.1, -0.05) is 47.8 Å². The quantitative estimate of drug-likeness (QED) is 0.683. The van der Waals surface area contributed by atoms with Gasteiger partial charge in [0.05, 0.1) is 6.61 Å². The van der Waals surface area contributed by atoms with E-state index in [4.69, 9.17) is 9.47 Å². The van der Waals surface area contributed by atoms with E-state index in [-0.39, 0.29) is 14.4 Å². The highest BCUT2D eigenvalue weighted by molar-refractivity contribution is 9.39. The van der Waals surface area contributed by atoms with Crippen molar-refractivity contribution in [2.75, 3.05) is 13.7 Å². The van der Waals surface area contributed by atoms with Crippen LogP contribution in [0.2, 0.25) is 0 Å². The lowest BCUT2D eigenvalue weighted by Crippen LogP contribution is -2.52. The number of halogens is 3. The average molecular weight is 339 g/mol. The van der Waals surface area contributed by atoms with Crippen molar-refractivity contribution in [3.05, 3.63) is 0 Å². The molecule has 0 aromatic heterocycles. The molecule has 10 heavy (non-hydrogen) atoms. The molecule has 1 fully saturated rings. The Labute approximate surface area is 85.0 Å². The maximum Gasteiger partial charge on any atom is 0.163 e. The summed E-state index contributed by atoms with van der Waals surface area (Å²) in [5.74, 6) is 0. The highest BCUT2D eigenvalue weighted by atomic mass is 80.0. The standard InChI is InChI=1S/C5H7Br3O2/c1-9-3-2-10-4(3)5(6,7)8/h3-4H,2H2,1H3. The van der Waals surface area contributed by atoms with Crippen LogP contribution < -0.4 is 0 Å². The molecule has 60 valence electrons. The van der Waals surface area contributed by atoms with Crippen molar-refractivity contribution in [1.29, 1.82) is 0 Å². The van der Waals surface area contributed by atoms with E-state index >= 15 is 0 Å². The summed E-state index contributed by atoms with van der Waals surface area (Å²) in [6.45, 7) is 0.672. The molecule has 0 bridgehead atoms. The summed E-state index contributed by atoms with van der Waals surface area (Å²) in [6, 6.07) is 0. The largest absolute Gasteiger partial charge is 0.376 e.